The first kappa shape index (κ1) is 16.4. The third kappa shape index (κ3) is 3.27. The number of sulfonamides is 1. The lowest BCUT2D eigenvalue weighted by molar-refractivity contribution is -0.182. The Morgan fingerprint density at radius 1 is 1.24 bits per heavy atom. The Kier molecular flexibility index (Phi) is 4.41. The molecule has 0 amide bonds. The van der Waals surface area contributed by atoms with E-state index >= 15 is 0 Å². The van der Waals surface area contributed by atoms with Gasteiger partial charge in [0.25, 0.3) is 0 Å². The fourth-order valence-electron chi connectivity index (χ4n) is 2.35. The van der Waals surface area contributed by atoms with Gasteiger partial charge < -0.3 is 5.73 Å². The van der Waals surface area contributed by atoms with E-state index in [1.54, 1.807) is 0 Å². The SMILES string of the molecule is Nc1cccc(Cl)c1S(=O)(=O)N1CCC(C(F)(F)F)CC1. The molecule has 0 bridgehead atoms. The van der Waals surface area contributed by atoms with E-state index in [9.17, 15) is 21.6 Å². The molecule has 1 saturated heterocycles. The summed E-state index contributed by atoms with van der Waals surface area (Å²) < 4.78 is 63.8. The molecule has 21 heavy (non-hydrogen) atoms. The van der Waals surface area contributed by atoms with Crippen LogP contribution in [0.1, 0.15) is 12.8 Å². The Morgan fingerprint density at radius 2 is 1.81 bits per heavy atom. The molecule has 0 aliphatic carbocycles. The van der Waals surface area contributed by atoms with Crippen LogP contribution < -0.4 is 5.73 Å². The van der Waals surface area contributed by atoms with Crippen molar-refractivity contribution in [3.63, 3.8) is 0 Å². The Morgan fingerprint density at radius 3 is 2.29 bits per heavy atom. The highest BCUT2D eigenvalue weighted by Crippen LogP contribution is 2.37. The van der Waals surface area contributed by atoms with Crippen LogP contribution in [-0.4, -0.2) is 32.0 Å². The van der Waals surface area contributed by atoms with Crippen molar-refractivity contribution < 1.29 is 21.6 Å². The molecule has 9 heteroatoms. The van der Waals surface area contributed by atoms with Crippen molar-refractivity contribution in [3.05, 3.63) is 23.2 Å². The lowest BCUT2D eigenvalue weighted by Gasteiger charge is -2.32. The predicted molar refractivity (Wildman–Crippen MR) is 73.4 cm³/mol. The first-order valence-corrected chi connectivity index (χ1v) is 8.06. The van der Waals surface area contributed by atoms with Gasteiger partial charge in [0, 0.05) is 13.1 Å². The minimum absolute atomic E-state index is 0.0135. The van der Waals surface area contributed by atoms with E-state index in [4.69, 9.17) is 17.3 Å². The molecule has 1 aliphatic rings. The van der Waals surface area contributed by atoms with Gasteiger partial charge in [0.05, 0.1) is 16.6 Å². The first-order valence-electron chi connectivity index (χ1n) is 6.25. The Hall–Kier alpha value is -0.990. The molecule has 0 saturated carbocycles. The van der Waals surface area contributed by atoms with E-state index in [0.29, 0.717) is 0 Å². The fourth-order valence-corrected chi connectivity index (χ4v) is 4.45. The summed E-state index contributed by atoms with van der Waals surface area (Å²) in [5.74, 6) is -1.47. The van der Waals surface area contributed by atoms with E-state index < -0.39 is 22.1 Å². The summed E-state index contributed by atoms with van der Waals surface area (Å²) in [6.45, 7) is -0.394. The topological polar surface area (TPSA) is 63.4 Å². The molecular weight excluding hydrogens is 329 g/mol. The monoisotopic (exact) mass is 342 g/mol. The zero-order valence-corrected chi connectivity index (χ0v) is 12.5. The van der Waals surface area contributed by atoms with Gasteiger partial charge in [0.1, 0.15) is 4.90 Å². The summed E-state index contributed by atoms with van der Waals surface area (Å²) in [7, 11) is -3.98. The molecule has 118 valence electrons. The maximum absolute atomic E-state index is 12.6. The summed E-state index contributed by atoms with van der Waals surface area (Å²) in [5, 5.41) is -0.0343. The number of nitrogens with two attached hydrogens (primary N) is 1. The zero-order chi connectivity index (χ0) is 15.8. The van der Waals surface area contributed by atoms with Crippen LogP contribution in [0.2, 0.25) is 5.02 Å². The lowest BCUT2D eigenvalue weighted by atomic mass is 9.98. The van der Waals surface area contributed by atoms with Crippen molar-refractivity contribution in [1.29, 1.82) is 0 Å². The van der Waals surface area contributed by atoms with Crippen LogP contribution in [0.3, 0.4) is 0 Å². The van der Waals surface area contributed by atoms with Crippen molar-refractivity contribution in [2.75, 3.05) is 18.8 Å². The number of rotatable bonds is 2. The van der Waals surface area contributed by atoms with Crippen LogP contribution in [0, 0.1) is 5.92 Å². The standard InChI is InChI=1S/C12H14ClF3N2O2S/c13-9-2-1-3-10(17)11(9)21(19,20)18-6-4-8(5-7-18)12(14,15)16/h1-3,8H,4-7,17H2. The van der Waals surface area contributed by atoms with Crippen molar-refractivity contribution in [3.8, 4) is 0 Å². The van der Waals surface area contributed by atoms with Gasteiger partial charge in [0.15, 0.2) is 0 Å². The highest BCUT2D eigenvalue weighted by Gasteiger charge is 2.43. The first-order chi connectivity index (χ1) is 9.64. The molecule has 4 nitrogen and oxygen atoms in total. The summed E-state index contributed by atoms with van der Waals surface area (Å²) >= 11 is 5.87. The molecule has 2 N–H and O–H groups in total. The van der Waals surface area contributed by atoms with E-state index in [2.05, 4.69) is 0 Å². The van der Waals surface area contributed by atoms with Gasteiger partial charge in [-0.1, -0.05) is 17.7 Å². The van der Waals surface area contributed by atoms with Crippen LogP contribution in [0.25, 0.3) is 0 Å². The normalized spacial score (nSPS) is 18.9. The summed E-state index contributed by atoms with van der Waals surface area (Å²) in [6.07, 6.45) is -4.81. The minimum atomic E-state index is -4.29. The van der Waals surface area contributed by atoms with Crippen molar-refractivity contribution >= 4 is 27.3 Å². The molecule has 2 rings (SSSR count). The summed E-state index contributed by atoms with van der Waals surface area (Å²) in [4.78, 5) is -0.239. The number of nitrogens with zero attached hydrogens (tertiary/aromatic N) is 1. The van der Waals surface area contributed by atoms with E-state index in [1.807, 2.05) is 0 Å². The highest BCUT2D eigenvalue weighted by molar-refractivity contribution is 7.89. The molecule has 0 spiro atoms. The van der Waals surface area contributed by atoms with Gasteiger partial charge in [-0.15, -0.1) is 0 Å². The van der Waals surface area contributed by atoms with Gasteiger partial charge in [-0.2, -0.15) is 17.5 Å². The number of anilines is 1. The second-order valence-electron chi connectivity index (χ2n) is 4.88. The number of hydrogen-bond donors (Lipinski definition) is 1. The molecule has 0 aromatic heterocycles. The van der Waals surface area contributed by atoms with Crippen molar-refractivity contribution in [2.24, 2.45) is 5.92 Å². The zero-order valence-electron chi connectivity index (χ0n) is 10.9. The van der Waals surface area contributed by atoms with Crippen LogP contribution >= 0.6 is 11.6 Å². The molecule has 0 unspecified atom stereocenters. The minimum Gasteiger partial charge on any atom is -0.398 e. The molecule has 0 atom stereocenters. The quantitative estimate of drug-likeness (QED) is 0.840. The molecule has 1 fully saturated rings. The number of piperidine rings is 1. The third-order valence-corrected chi connectivity index (χ3v) is 5.96. The van der Waals surface area contributed by atoms with E-state index in [0.717, 1.165) is 4.31 Å². The average molecular weight is 343 g/mol. The van der Waals surface area contributed by atoms with Crippen LogP contribution in [0.4, 0.5) is 18.9 Å². The van der Waals surface area contributed by atoms with Crippen molar-refractivity contribution in [1.82, 2.24) is 4.31 Å². The van der Waals surface area contributed by atoms with Gasteiger partial charge in [-0.05, 0) is 25.0 Å². The van der Waals surface area contributed by atoms with Crippen molar-refractivity contribution in [2.45, 2.75) is 23.9 Å². The third-order valence-electron chi connectivity index (χ3n) is 3.51. The van der Waals surface area contributed by atoms with Crippen LogP contribution in [0.15, 0.2) is 23.1 Å². The fraction of sp³-hybridized carbons (Fsp3) is 0.500. The molecule has 1 heterocycles. The maximum atomic E-state index is 12.6. The Balaban J connectivity index is 2.23. The van der Waals surface area contributed by atoms with Crippen LogP contribution in [-0.2, 0) is 10.0 Å². The number of benzene rings is 1. The largest absolute Gasteiger partial charge is 0.398 e. The number of alkyl halides is 3. The van der Waals surface area contributed by atoms with Gasteiger partial charge in [-0.25, -0.2) is 8.42 Å². The molecule has 1 aliphatic heterocycles. The maximum Gasteiger partial charge on any atom is 0.391 e. The van der Waals surface area contributed by atoms with Crippen LogP contribution in [0.5, 0.6) is 0 Å². The predicted octanol–water partition coefficient (Wildman–Crippen LogP) is 2.89. The molecule has 1 aromatic rings. The average Bonchev–Trinajstić information content (AvgIpc) is 2.37. The molecular formula is C12H14ClF3N2O2S. The highest BCUT2D eigenvalue weighted by atomic mass is 35.5. The Bertz CT molecular complexity index is 606. The van der Waals surface area contributed by atoms with Gasteiger partial charge in [0.2, 0.25) is 10.0 Å². The molecule has 0 radical (unpaired) electrons. The smallest absolute Gasteiger partial charge is 0.391 e. The van der Waals surface area contributed by atoms with Gasteiger partial charge in [-0.3, -0.25) is 0 Å². The Labute approximate surface area is 125 Å². The number of nitrogen functional groups attached to an aromatic ring is 1. The number of hydrogen-bond acceptors (Lipinski definition) is 3. The second-order valence-corrected chi connectivity index (χ2v) is 7.16. The second kappa shape index (κ2) is 5.66. The summed E-state index contributed by atoms with van der Waals surface area (Å²) in [5.41, 5.74) is 5.63. The number of halogens is 4. The lowest BCUT2D eigenvalue weighted by Crippen LogP contribution is -2.42. The van der Waals surface area contributed by atoms with E-state index in [1.165, 1.54) is 18.2 Å². The summed E-state index contributed by atoms with van der Waals surface area (Å²) in [6, 6.07) is 4.28. The van der Waals surface area contributed by atoms with E-state index in [-0.39, 0.29) is 41.5 Å². The molecule has 1 aromatic carbocycles. The van der Waals surface area contributed by atoms with Gasteiger partial charge >= 0.3 is 6.18 Å².